The number of esters is 1. The van der Waals surface area contributed by atoms with E-state index in [0.717, 1.165) is 11.4 Å². The van der Waals surface area contributed by atoms with Gasteiger partial charge in [0.2, 0.25) is 0 Å². The average Bonchev–Trinajstić information content (AvgIpc) is 2.52. The molecule has 0 spiro atoms. The molecular weight excluding hydrogens is 288 g/mol. The predicted octanol–water partition coefficient (Wildman–Crippen LogP) is 2.52. The topological polar surface area (TPSA) is 58.6 Å². The summed E-state index contributed by atoms with van der Waals surface area (Å²) in [5.74, 6) is 0.360. The van der Waals surface area contributed by atoms with Gasteiger partial charge in [-0.25, -0.2) is 9.59 Å². The molecule has 0 bridgehead atoms. The number of hydrogen-bond donors (Lipinski definition) is 1. The van der Waals surface area contributed by atoms with Crippen LogP contribution in [-0.2, 0) is 9.53 Å². The van der Waals surface area contributed by atoms with E-state index in [1.54, 1.807) is 16.7 Å². The van der Waals surface area contributed by atoms with Crippen LogP contribution in [0, 0.1) is 0 Å². The van der Waals surface area contributed by atoms with Crippen molar-refractivity contribution in [3.05, 3.63) is 30.3 Å². The zero-order valence-corrected chi connectivity index (χ0v) is 13.5. The number of para-hydroxylation sites is 1. The molecule has 0 aliphatic heterocycles. The first-order valence-electron chi connectivity index (χ1n) is 6.83. The van der Waals surface area contributed by atoms with E-state index >= 15 is 0 Å². The first-order chi connectivity index (χ1) is 10.1. The number of rotatable bonds is 7. The molecule has 1 aromatic carbocycles. The lowest BCUT2D eigenvalue weighted by atomic mass is 10.2. The van der Waals surface area contributed by atoms with Crippen molar-refractivity contribution in [2.24, 2.45) is 0 Å². The molecule has 0 saturated heterocycles. The molecule has 5 nitrogen and oxygen atoms in total. The summed E-state index contributed by atoms with van der Waals surface area (Å²) < 4.78 is 4.75. The molecule has 0 heterocycles. The zero-order chi connectivity index (χ0) is 15.7. The number of ether oxygens (including phenoxy) is 1. The lowest BCUT2D eigenvalue weighted by molar-refractivity contribution is -0.142. The molecule has 0 radical (unpaired) electrons. The van der Waals surface area contributed by atoms with E-state index in [2.05, 4.69) is 5.32 Å². The molecule has 21 heavy (non-hydrogen) atoms. The highest BCUT2D eigenvalue weighted by atomic mass is 32.2. The second-order valence-electron chi connectivity index (χ2n) is 4.39. The number of methoxy groups -OCH3 is 1. The quantitative estimate of drug-likeness (QED) is 0.786. The number of thioether (sulfide) groups is 1. The molecule has 0 aliphatic carbocycles. The molecule has 0 fully saturated rings. The van der Waals surface area contributed by atoms with E-state index in [1.165, 1.54) is 7.11 Å². The maximum absolute atomic E-state index is 12.4. The van der Waals surface area contributed by atoms with E-state index in [9.17, 15) is 9.59 Å². The molecule has 0 aromatic heterocycles. The summed E-state index contributed by atoms with van der Waals surface area (Å²) >= 11 is 1.62. The van der Waals surface area contributed by atoms with Crippen molar-refractivity contribution in [2.75, 3.05) is 30.6 Å². The minimum atomic E-state index is -0.618. The Bertz CT molecular complexity index is 453. The highest BCUT2D eigenvalue weighted by Gasteiger charge is 2.23. The summed E-state index contributed by atoms with van der Waals surface area (Å²) in [5, 5.41) is 2.75. The first-order valence-corrected chi connectivity index (χ1v) is 8.23. The van der Waals surface area contributed by atoms with Crippen LogP contribution in [0.15, 0.2) is 30.3 Å². The molecule has 0 aliphatic rings. The molecule has 0 saturated carbocycles. The van der Waals surface area contributed by atoms with Gasteiger partial charge in [0.15, 0.2) is 0 Å². The smallest absolute Gasteiger partial charge is 0.328 e. The Kier molecular flexibility index (Phi) is 7.68. The average molecular weight is 310 g/mol. The molecule has 1 N–H and O–H groups in total. The Labute approximate surface area is 130 Å². The molecule has 1 unspecified atom stereocenters. The SMILES string of the molecule is CCN(C(=O)NC(CCSC)C(=O)OC)c1ccccc1. The number of hydrogen-bond acceptors (Lipinski definition) is 4. The molecule has 6 heteroatoms. The van der Waals surface area contributed by atoms with Gasteiger partial charge in [0, 0.05) is 12.2 Å². The van der Waals surface area contributed by atoms with Gasteiger partial charge in [-0.2, -0.15) is 11.8 Å². The van der Waals surface area contributed by atoms with Crippen molar-refractivity contribution in [1.29, 1.82) is 0 Å². The normalized spacial score (nSPS) is 11.6. The van der Waals surface area contributed by atoms with Crippen LogP contribution in [0.25, 0.3) is 0 Å². The summed E-state index contributed by atoms with van der Waals surface area (Å²) in [4.78, 5) is 25.7. The minimum absolute atomic E-state index is 0.291. The van der Waals surface area contributed by atoms with Crippen molar-refractivity contribution in [2.45, 2.75) is 19.4 Å². The van der Waals surface area contributed by atoms with Gasteiger partial charge in [-0.3, -0.25) is 4.90 Å². The summed E-state index contributed by atoms with van der Waals surface area (Å²) in [7, 11) is 1.33. The van der Waals surface area contributed by atoms with Gasteiger partial charge in [-0.15, -0.1) is 0 Å². The molecule has 2 amide bonds. The Morgan fingerprint density at radius 2 is 2.00 bits per heavy atom. The Hall–Kier alpha value is -1.69. The van der Waals surface area contributed by atoms with Crippen LogP contribution >= 0.6 is 11.8 Å². The summed E-state index contributed by atoms with van der Waals surface area (Å²) in [5.41, 5.74) is 0.797. The van der Waals surface area contributed by atoms with Crippen LogP contribution in [-0.4, -0.2) is 43.7 Å². The summed E-state index contributed by atoms with van der Waals surface area (Å²) in [6.07, 6.45) is 2.50. The van der Waals surface area contributed by atoms with Crippen LogP contribution in [0.4, 0.5) is 10.5 Å². The number of nitrogens with zero attached hydrogens (tertiary/aromatic N) is 1. The van der Waals surface area contributed by atoms with Gasteiger partial charge in [0.05, 0.1) is 7.11 Å². The number of carbonyl (C=O) groups excluding carboxylic acids is 2. The van der Waals surface area contributed by atoms with Crippen molar-refractivity contribution in [3.63, 3.8) is 0 Å². The maximum atomic E-state index is 12.4. The molecule has 116 valence electrons. The van der Waals surface area contributed by atoms with E-state index in [1.807, 2.05) is 43.5 Å². The third kappa shape index (κ3) is 5.30. The fraction of sp³-hybridized carbons (Fsp3) is 0.467. The van der Waals surface area contributed by atoms with Gasteiger partial charge in [0.1, 0.15) is 6.04 Å². The highest BCUT2D eigenvalue weighted by molar-refractivity contribution is 7.98. The summed E-state index contributed by atoms with van der Waals surface area (Å²) in [6.45, 7) is 2.41. The molecule has 1 rings (SSSR count). The molecule has 1 aromatic rings. The minimum Gasteiger partial charge on any atom is -0.467 e. The van der Waals surface area contributed by atoms with Gasteiger partial charge >= 0.3 is 12.0 Å². The lowest BCUT2D eigenvalue weighted by Crippen LogP contribution is -2.48. The monoisotopic (exact) mass is 310 g/mol. The van der Waals surface area contributed by atoms with Gasteiger partial charge < -0.3 is 10.1 Å². The number of anilines is 1. The lowest BCUT2D eigenvalue weighted by Gasteiger charge is -2.24. The van der Waals surface area contributed by atoms with Crippen LogP contribution in [0.2, 0.25) is 0 Å². The number of carbonyl (C=O) groups is 2. The number of urea groups is 1. The third-order valence-electron chi connectivity index (χ3n) is 3.02. The zero-order valence-electron chi connectivity index (χ0n) is 12.7. The number of benzene rings is 1. The van der Waals surface area contributed by atoms with E-state index in [-0.39, 0.29) is 6.03 Å². The fourth-order valence-corrected chi connectivity index (χ4v) is 2.38. The van der Waals surface area contributed by atoms with Crippen LogP contribution < -0.4 is 10.2 Å². The second kappa shape index (κ2) is 9.28. The molecular formula is C15H22N2O3S. The highest BCUT2D eigenvalue weighted by Crippen LogP contribution is 2.13. The van der Waals surface area contributed by atoms with Gasteiger partial charge in [-0.1, -0.05) is 18.2 Å². The second-order valence-corrected chi connectivity index (χ2v) is 5.37. The summed E-state index contributed by atoms with van der Waals surface area (Å²) in [6, 6.07) is 8.45. The largest absolute Gasteiger partial charge is 0.467 e. The standard InChI is InChI=1S/C15H22N2O3S/c1-4-17(12-8-6-5-7-9-12)15(19)16-13(10-11-21-3)14(18)20-2/h5-9,13H,4,10-11H2,1-3H3,(H,16,19). The third-order valence-corrected chi connectivity index (χ3v) is 3.67. The van der Waals surface area contributed by atoms with Crippen molar-refractivity contribution < 1.29 is 14.3 Å². The van der Waals surface area contributed by atoms with E-state index in [4.69, 9.17) is 4.74 Å². The van der Waals surface area contributed by atoms with Crippen LogP contribution in [0.3, 0.4) is 0 Å². The van der Waals surface area contributed by atoms with E-state index < -0.39 is 12.0 Å². The first kappa shape index (κ1) is 17.4. The Morgan fingerprint density at radius 1 is 1.33 bits per heavy atom. The van der Waals surface area contributed by atoms with Crippen LogP contribution in [0.5, 0.6) is 0 Å². The Morgan fingerprint density at radius 3 is 2.52 bits per heavy atom. The number of nitrogens with one attached hydrogen (secondary N) is 1. The fourth-order valence-electron chi connectivity index (χ4n) is 1.91. The van der Waals surface area contributed by atoms with Crippen molar-refractivity contribution in [3.8, 4) is 0 Å². The Balaban J connectivity index is 2.76. The van der Waals surface area contributed by atoms with Gasteiger partial charge in [-0.05, 0) is 37.5 Å². The van der Waals surface area contributed by atoms with Crippen molar-refractivity contribution in [1.82, 2.24) is 5.32 Å². The predicted molar refractivity (Wildman–Crippen MR) is 86.8 cm³/mol. The van der Waals surface area contributed by atoms with Gasteiger partial charge in [0.25, 0.3) is 0 Å². The van der Waals surface area contributed by atoms with Crippen LogP contribution in [0.1, 0.15) is 13.3 Å². The van der Waals surface area contributed by atoms with Crippen molar-refractivity contribution >= 4 is 29.4 Å². The number of amides is 2. The molecule has 1 atom stereocenters. The maximum Gasteiger partial charge on any atom is 0.328 e. The van der Waals surface area contributed by atoms with E-state index in [0.29, 0.717) is 13.0 Å².